The van der Waals surface area contributed by atoms with Crippen molar-refractivity contribution in [1.29, 1.82) is 0 Å². The Morgan fingerprint density at radius 3 is 2.58 bits per heavy atom. The normalized spacial score (nSPS) is 20.5. The summed E-state index contributed by atoms with van der Waals surface area (Å²) in [6.45, 7) is 3.60. The molecule has 24 heavy (non-hydrogen) atoms. The molecule has 5 heteroatoms. The van der Waals surface area contributed by atoms with E-state index in [-0.39, 0.29) is 30.8 Å². The van der Waals surface area contributed by atoms with Gasteiger partial charge in [0.05, 0.1) is 12.5 Å². The average Bonchev–Trinajstić information content (AvgIpc) is 3.33. The molecule has 0 spiro atoms. The lowest BCUT2D eigenvalue weighted by molar-refractivity contribution is -0.136. The predicted octanol–water partition coefficient (Wildman–Crippen LogP) is 1.83. The Morgan fingerprint density at radius 2 is 2.00 bits per heavy atom. The summed E-state index contributed by atoms with van der Waals surface area (Å²) in [5, 5.41) is 9.22. The molecule has 0 aromatic heterocycles. The summed E-state index contributed by atoms with van der Waals surface area (Å²) in [6, 6.07) is 7.98. The minimum absolute atomic E-state index is 0.00738. The molecular weight excluding hydrogens is 304 g/mol. The van der Waals surface area contributed by atoms with Crippen LogP contribution in [0.4, 0.5) is 5.69 Å². The molecule has 0 bridgehead atoms. The maximum absolute atomic E-state index is 12.8. The fourth-order valence-electron chi connectivity index (χ4n) is 3.32. The first-order valence-corrected chi connectivity index (χ1v) is 8.91. The number of aliphatic hydroxyl groups excluding tert-OH is 1. The molecule has 0 radical (unpaired) electrons. The summed E-state index contributed by atoms with van der Waals surface area (Å²) >= 11 is 0. The van der Waals surface area contributed by atoms with Crippen LogP contribution in [0.2, 0.25) is 0 Å². The number of benzene rings is 1. The minimum atomic E-state index is -0.298. The SMILES string of the molecule is CCc1ccc(N2C[C@@H](C(=O)N(CCO)CC3CC3)CC2=O)cc1. The van der Waals surface area contributed by atoms with Gasteiger partial charge < -0.3 is 14.9 Å². The van der Waals surface area contributed by atoms with Crippen molar-refractivity contribution in [2.24, 2.45) is 11.8 Å². The summed E-state index contributed by atoms with van der Waals surface area (Å²) < 4.78 is 0. The maximum atomic E-state index is 12.8. The monoisotopic (exact) mass is 330 g/mol. The van der Waals surface area contributed by atoms with E-state index in [1.54, 1.807) is 9.80 Å². The second-order valence-electron chi connectivity index (χ2n) is 6.88. The van der Waals surface area contributed by atoms with Crippen LogP contribution in [-0.4, -0.2) is 48.1 Å². The molecular formula is C19H26N2O3. The molecule has 0 unspecified atom stereocenters. The molecule has 3 rings (SSSR count). The van der Waals surface area contributed by atoms with Gasteiger partial charge in [-0.15, -0.1) is 0 Å². The average molecular weight is 330 g/mol. The lowest BCUT2D eigenvalue weighted by atomic mass is 10.1. The van der Waals surface area contributed by atoms with Crippen LogP contribution in [-0.2, 0) is 16.0 Å². The molecule has 1 aromatic rings. The fraction of sp³-hybridized carbons (Fsp3) is 0.579. The first-order valence-electron chi connectivity index (χ1n) is 8.91. The van der Waals surface area contributed by atoms with Crippen molar-refractivity contribution in [3.05, 3.63) is 29.8 Å². The Kier molecular flexibility index (Phi) is 5.19. The number of aryl methyl sites for hydroxylation is 1. The maximum Gasteiger partial charge on any atom is 0.228 e. The number of carbonyl (C=O) groups excluding carboxylic acids is 2. The van der Waals surface area contributed by atoms with E-state index in [4.69, 9.17) is 0 Å². The van der Waals surface area contributed by atoms with Crippen LogP contribution >= 0.6 is 0 Å². The Labute approximate surface area is 143 Å². The lowest BCUT2D eigenvalue weighted by Crippen LogP contribution is -2.40. The molecule has 2 amide bonds. The number of nitrogens with zero attached hydrogens (tertiary/aromatic N) is 2. The van der Waals surface area contributed by atoms with Gasteiger partial charge in [-0.3, -0.25) is 9.59 Å². The Balaban J connectivity index is 1.66. The Bertz CT molecular complexity index is 595. The van der Waals surface area contributed by atoms with E-state index in [1.165, 1.54) is 5.56 Å². The minimum Gasteiger partial charge on any atom is -0.395 e. The van der Waals surface area contributed by atoms with Crippen molar-refractivity contribution in [1.82, 2.24) is 4.90 Å². The van der Waals surface area contributed by atoms with E-state index in [0.717, 1.165) is 31.5 Å². The quantitative estimate of drug-likeness (QED) is 0.830. The third kappa shape index (κ3) is 3.78. The number of rotatable bonds is 7. The topological polar surface area (TPSA) is 60.9 Å². The second-order valence-corrected chi connectivity index (χ2v) is 6.88. The van der Waals surface area contributed by atoms with Crippen molar-refractivity contribution < 1.29 is 14.7 Å². The first-order chi connectivity index (χ1) is 11.6. The van der Waals surface area contributed by atoms with Gasteiger partial charge in [0.15, 0.2) is 0 Å². The number of amides is 2. The third-order valence-corrected chi connectivity index (χ3v) is 4.99. The molecule has 1 aliphatic carbocycles. The molecule has 1 aromatic carbocycles. The van der Waals surface area contributed by atoms with Crippen molar-refractivity contribution in [2.75, 3.05) is 31.1 Å². The highest BCUT2D eigenvalue weighted by Crippen LogP contribution is 2.31. The third-order valence-electron chi connectivity index (χ3n) is 4.99. The number of anilines is 1. The zero-order valence-electron chi connectivity index (χ0n) is 14.3. The molecule has 1 saturated heterocycles. The van der Waals surface area contributed by atoms with Gasteiger partial charge in [-0.25, -0.2) is 0 Å². The van der Waals surface area contributed by atoms with Gasteiger partial charge in [0.2, 0.25) is 11.8 Å². The highest BCUT2D eigenvalue weighted by Gasteiger charge is 2.38. The molecule has 130 valence electrons. The van der Waals surface area contributed by atoms with Crippen molar-refractivity contribution in [2.45, 2.75) is 32.6 Å². The van der Waals surface area contributed by atoms with Gasteiger partial charge in [0.1, 0.15) is 0 Å². The van der Waals surface area contributed by atoms with Crippen LogP contribution in [0.1, 0.15) is 31.7 Å². The van der Waals surface area contributed by atoms with E-state index >= 15 is 0 Å². The predicted molar refractivity (Wildman–Crippen MR) is 92.7 cm³/mol. The Hall–Kier alpha value is -1.88. The van der Waals surface area contributed by atoms with E-state index in [9.17, 15) is 14.7 Å². The zero-order chi connectivity index (χ0) is 17.1. The first kappa shape index (κ1) is 17.0. The van der Waals surface area contributed by atoms with Crippen molar-refractivity contribution in [3.63, 3.8) is 0 Å². The standard InChI is InChI=1S/C19H26N2O3/c1-2-14-5-7-17(8-6-14)21-13-16(11-18(21)23)19(24)20(9-10-22)12-15-3-4-15/h5-8,15-16,22H,2-4,9-13H2,1H3/t16-/m0/s1. The van der Waals surface area contributed by atoms with Gasteiger partial charge in [-0.05, 0) is 42.9 Å². The molecule has 1 saturated carbocycles. The summed E-state index contributed by atoms with van der Waals surface area (Å²) in [4.78, 5) is 28.6. The molecule has 1 aliphatic heterocycles. The van der Waals surface area contributed by atoms with E-state index in [2.05, 4.69) is 6.92 Å². The van der Waals surface area contributed by atoms with E-state index in [0.29, 0.717) is 19.0 Å². The number of carbonyl (C=O) groups is 2. The highest BCUT2D eigenvalue weighted by atomic mass is 16.3. The summed E-state index contributed by atoms with van der Waals surface area (Å²) in [5.41, 5.74) is 2.10. The van der Waals surface area contributed by atoms with Crippen LogP contribution in [0.15, 0.2) is 24.3 Å². The Morgan fingerprint density at radius 1 is 1.29 bits per heavy atom. The second kappa shape index (κ2) is 7.34. The largest absolute Gasteiger partial charge is 0.395 e. The number of aliphatic hydroxyl groups is 1. The molecule has 1 heterocycles. The van der Waals surface area contributed by atoms with Crippen LogP contribution in [0.25, 0.3) is 0 Å². The van der Waals surface area contributed by atoms with Crippen molar-refractivity contribution >= 4 is 17.5 Å². The van der Waals surface area contributed by atoms with Gasteiger partial charge >= 0.3 is 0 Å². The molecule has 2 aliphatic rings. The number of hydrogen-bond donors (Lipinski definition) is 1. The smallest absolute Gasteiger partial charge is 0.228 e. The van der Waals surface area contributed by atoms with E-state index < -0.39 is 0 Å². The number of hydrogen-bond acceptors (Lipinski definition) is 3. The van der Waals surface area contributed by atoms with Gasteiger partial charge in [0, 0.05) is 31.7 Å². The van der Waals surface area contributed by atoms with Crippen LogP contribution in [0.5, 0.6) is 0 Å². The summed E-state index contributed by atoms with van der Waals surface area (Å²) in [5.74, 6) is 0.300. The van der Waals surface area contributed by atoms with Crippen LogP contribution in [0, 0.1) is 11.8 Å². The molecule has 2 fully saturated rings. The van der Waals surface area contributed by atoms with Crippen molar-refractivity contribution in [3.8, 4) is 0 Å². The molecule has 5 nitrogen and oxygen atoms in total. The summed E-state index contributed by atoms with van der Waals surface area (Å²) in [6.07, 6.45) is 3.55. The molecule has 1 N–H and O–H groups in total. The van der Waals surface area contributed by atoms with Crippen LogP contribution < -0.4 is 4.90 Å². The van der Waals surface area contributed by atoms with Gasteiger partial charge in [-0.1, -0.05) is 19.1 Å². The molecule has 1 atom stereocenters. The zero-order valence-corrected chi connectivity index (χ0v) is 14.3. The van der Waals surface area contributed by atoms with Gasteiger partial charge in [-0.2, -0.15) is 0 Å². The van der Waals surface area contributed by atoms with Gasteiger partial charge in [0.25, 0.3) is 0 Å². The fourth-order valence-corrected chi connectivity index (χ4v) is 3.32. The highest BCUT2D eigenvalue weighted by molar-refractivity contribution is 6.00. The van der Waals surface area contributed by atoms with E-state index in [1.807, 2.05) is 24.3 Å². The lowest BCUT2D eigenvalue weighted by Gasteiger charge is -2.25. The van der Waals surface area contributed by atoms with Crippen LogP contribution in [0.3, 0.4) is 0 Å². The summed E-state index contributed by atoms with van der Waals surface area (Å²) in [7, 11) is 0.